The van der Waals surface area contributed by atoms with Crippen molar-refractivity contribution in [1.82, 2.24) is 4.90 Å². The molecule has 3 heteroatoms. The summed E-state index contributed by atoms with van der Waals surface area (Å²) in [6.07, 6.45) is 1.21. The number of anilines is 1. The number of rotatable bonds is 5. The van der Waals surface area contributed by atoms with Gasteiger partial charge in [-0.15, -0.1) is 0 Å². The maximum absolute atomic E-state index is 5.45. The van der Waals surface area contributed by atoms with E-state index in [1.54, 1.807) is 0 Å². The number of benzene rings is 2. The van der Waals surface area contributed by atoms with Crippen molar-refractivity contribution in [2.24, 2.45) is 0 Å². The van der Waals surface area contributed by atoms with Crippen LogP contribution in [0.4, 0.5) is 5.69 Å². The summed E-state index contributed by atoms with van der Waals surface area (Å²) in [5.74, 6) is 0. The van der Waals surface area contributed by atoms with E-state index in [1.165, 1.54) is 29.8 Å². The predicted octanol–water partition coefficient (Wildman–Crippen LogP) is 3.53. The Balaban J connectivity index is 1.49. The normalized spacial score (nSPS) is 23.6. The van der Waals surface area contributed by atoms with Gasteiger partial charge < -0.3 is 9.64 Å². The largest absolute Gasteiger partial charge is 0.379 e. The highest BCUT2D eigenvalue weighted by Crippen LogP contribution is 2.44. The van der Waals surface area contributed by atoms with E-state index in [0.29, 0.717) is 0 Å². The number of fused-ring (bicyclic) bond motifs is 1. The Morgan fingerprint density at radius 1 is 0.920 bits per heavy atom. The minimum absolute atomic E-state index is 0.0802. The second-order valence-corrected chi connectivity index (χ2v) is 7.44. The highest BCUT2D eigenvalue weighted by atomic mass is 16.5. The van der Waals surface area contributed by atoms with Gasteiger partial charge in [0.05, 0.1) is 13.2 Å². The van der Waals surface area contributed by atoms with Crippen LogP contribution in [0.2, 0.25) is 0 Å². The van der Waals surface area contributed by atoms with Crippen molar-refractivity contribution < 1.29 is 4.74 Å². The molecule has 1 saturated heterocycles. The molecule has 2 heterocycles. The molecule has 0 amide bonds. The Morgan fingerprint density at radius 2 is 1.64 bits per heavy atom. The van der Waals surface area contributed by atoms with Crippen molar-refractivity contribution in [1.29, 1.82) is 0 Å². The van der Waals surface area contributed by atoms with E-state index in [-0.39, 0.29) is 5.41 Å². The van der Waals surface area contributed by atoms with Crippen LogP contribution >= 0.6 is 0 Å². The maximum Gasteiger partial charge on any atom is 0.0594 e. The van der Waals surface area contributed by atoms with Crippen LogP contribution in [0.15, 0.2) is 54.6 Å². The smallest absolute Gasteiger partial charge is 0.0594 e. The van der Waals surface area contributed by atoms with Gasteiger partial charge in [0.2, 0.25) is 0 Å². The first-order valence-corrected chi connectivity index (χ1v) is 9.47. The zero-order chi connectivity index (χ0) is 17.1. The molecule has 1 unspecified atom stereocenters. The first kappa shape index (κ1) is 16.6. The lowest BCUT2D eigenvalue weighted by atomic mass is 9.78. The van der Waals surface area contributed by atoms with E-state index in [2.05, 4.69) is 71.3 Å². The molecule has 0 saturated carbocycles. The Bertz CT molecular complexity index is 696. The second-order valence-electron chi connectivity index (χ2n) is 7.44. The predicted molar refractivity (Wildman–Crippen MR) is 103 cm³/mol. The molecule has 2 aromatic rings. The molecule has 1 atom stereocenters. The average Bonchev–Trinajstić information content (AvgIpc) is 2.97. The summed E-state index contributed by atoms with van der Waals surface area (Å²) in [6, 6.07) is 19.9. The van der Waals surface area contributed by atoms with Crippen LogP contribution in [0.5, 0.6) is 0 Å². The zero-order valence-corrected chi connectivity index (χ0v) is 15.2. The fourth-order valence-corrected chi connectivity index (χ4v) is 4.33. The molecule has 0 bridgehead atoms. The van der Waals surface area contributed by atoms with E-state index >= 15 is 0 Å². The Kier molecular flexibility index (Phi) is 4.78. The Labute approximate surface area is 151 Å². The lowest BCUT2D eigenvalue weighted by Gasteiger charge is -2.29. The summed E-state index contributed by atoms with van der Waals surface area (Å²) in [6.45, 7) is 9.69. The van der Waals surface area contributed by atoms with Crippen LogP contribution in [0.3, 0.4) is 0 Å². The molecular formula is C22H28N2O. The van der Waals surface area contributed by atoms with E-state index in [9.17, 15) is 0 Å². The second kappa shape index (κ2) is 7.19. The molecule has 0 N–H and O–H groups in total. The van der Waals surface area contributed by atoms with Crippen LogP contribution < -0.4 is 4.90 Å². The van der Waals surface area contributed by atoms with E-state index < -0.39 is 0 Å². The highest BCUT2D eigenvalue weighted by Gasteiger charge is 2.39. The molecule has 0 aromatic heterocycles. The minimum atomic E-state index is 0.0802. The van der Waals surface area contributed by atoms with Crippen LogP contribution in [0.1, 0.15) is 24.5 Å². The van der Waals surface area contributed by atoms with Crippen molar-refractivity contribution in [2.75, 3.05) is 50.8 Å². The van der Waals surface area contributed by atoms with Gasteiger partial charge in [-0.2, -0.15) is 0 Å². The first-order chi connectivity index (χ1) is 12.3. The summed E-state index contributed by atoms with van der Waals surface area (Å²) in [7, 11) is 0. The fourth-order valence-electron chi connectivity index (χ4n) is 4.33. The van der Waals surface area contributed by atoms with Crippen molar-refractivity contribution >= 4 is 5.69 Å². The summed E-state index contributed by atoms with van der Waals surface area (Å²) in [5.41, 5.74) is 4.37. The van der Waals surface area contributed by atoms with Crippen LogP contribution in [-0.2, 0) is 10.2 Å². The lowest BCUT2D eigenvalue weighted by Crippen LogP contribution is -2.38. The van der Waals surface area contributed by atoms with Gasteiger partial charge in [0, 0.05) is 43.8 Å². The molecule has 2 aliphatic heterocycles. The number of hydrogen-bond donors (Lipinski definition) is 0. The summed E-state index contributed by atoms with van der Waals surface area (Å²) >= 11 is 0. The first-order valence-electron chi connectivity index (χ1n) is 9.47. The van der Waals surface area contributed by atoms with Crippen LogP contribution in [0.25, 0.3) is 0 Å². The summed E-state index contributed by atoms with van der Waals surface area (Å²) in [4.78, 5) is 5.12. The number of hydrogen-bond acceptors (Lipinski definition) is 3. The SMILES string of the molecule is CC1(c2ccccc2)CN(CCCN2CCOCC2)c2ccccc21. The van der Waals surface area contributed by atoms with E-state index in [0.717, 1.165) is 39.4 Å². The van der Waals surface area contributed by atoms with Gasteiger partial charge in [-0.3, -0.25) is 4.90 Å². The molecule has 4 rings (SSSR count). The molecule has 1 fully saturated rings. The molecule has 0 radical (unpaired) electrons. The van der Waals surface area contributed by atoms with Gasteiger partial charge in [-0.1, -0.05) is 48.5 Å². The van der Waals surface area contributed by atoms with Gasteiger partial charge in [0.25, 0.3) is 0 Å². The van der Waals surface area contributed by atoms with Crippen LogP contribution in [0, 0.1) is 0 Å². The van der Waals surface area contributed by atoms with Gasteiger partial charge in [-0.05, 0) is 30.5 Å². The van der Waals surface area contributed by atoms with Gasteiger partial charge >= 0.3 is 0 Å². The fraction of sp³-hybridized carbons (Fsp3) is 0.455. The van der Waals surface area contributed by atoms with Gasteiger partial charge in [0.1, 0.15) is 0 Å². The third-order valence-electron chi connectivity index (χ3n) is 5.76. The van der Waals surface area contributed by atoms with E-state index in [4.69, 9.17) is 4.74 Å². The molecule has 0 spiro atoms. The molecule has 2 aliphatic rings. The summed E-state index contributed by atoms with van der Waals surface area (Å²) < 4.78 is 5.45. The number of morpholine rings is 1. The number of ether oxygens (including phenoxy) is 1. The third kappa shape index (κ3) is 3.31. The van der Waals surface area contributed by atoms with E-state index in [1.807, 2.05) is 0 Å². The summed E-state index contributed by atoms with van der Waals surface area (Å²) in [5, 5.41) is 0. The van der Waals surface area contributed by atoms with Crippen molar-refractivity contribution in [3.8, 4) is 0 Å². The quantitative estimate of drug-likeness (QED) is 0.831. The van der Waals surface area contributed by atoms with Crippen molar-refractivity contribution in [3.05, 3.63) is 65.7 Å². The molecule has 0 aliphatic carbocycles. The minimum Gasteiger partial charge on any atom is -0.379 e. The average molecular weight is 336 g/mol. The zero-order valence-electron chi connectivity index (χ0n) is 15.2. The van der Waals surface area contributed by atoms with Gasteiger partial charge in [-0.25, -0.2) is 0 Å². The molecule has 25 heavy (non-hydrogen) atoms. The number of para-hydroxylation sites is 1. The Hall–Kier alpha value is -1.84. The monoisotopic (exact) mass is 336 g/mol. The van der Waals surface area contributed by atoms with Crippen molar-refractivity contribution in [2.45, 2.75) is 18.8 Å². The standard InChI is InChI=1S/C22H28N2O/c1-22(19-8-3-2-4-9-19)18-24(21-11-6-5-10-20(21)22)13-7-12-23-14-16-25-17-15-23/h2-6,8-11H,7,12-18H2,1H3. The molecule has 132 valence electrons. The maximum atomic E-state index is 5.45. The molecule has 2 aromatic carbocycles. The van der Waals surface area contributed by atoms with Gasteiger partial charge in [0.15, 0.2) is 0 Å². The highest BCUT2D eigenvalue weighted by molar-refractivity contribution is 5.65. The lowest BCUT2D eigenvalue weighted by molar-refractivity contribution is 0.0376. The number of nitrogens with zero attached hydrogens (tertiary/aromatic N) is 2. The molecule has 3 nitrogen and oxygen atoms in total. The topological polar surface area (TPSA) is 15.7 Å². The van der Waals surface area contributed by atoms with Crippen LogP contribution in [-0.4, -0.2) is 50.8 Å². The Morgan fingerprint density at radius 3 is 2.44 bits per heavy atom. The van der Waals surface area contributed by atoms with Crippen molar-refractivity contribution in [3.63, 3.8) is 0 Å². The molecular weight excluding hydrogens is 308 g/mol. The third-order valence-corrected chi connectivity index (χ3v) is 5.76.